The van der Waals surface area contributed by atoms with Gasteiger partial charge in [-0.25, -0.2) is 4.98 Å². The van der Waals surface area contributed by atoms with E-state index in [1.54, 1.807) is 18.2 Å². The summed E-state index contributed by atoms with van der Waals surface area (Å²) in [6.45, 7) is 3.33. The Morgan fingerprint density at radius 2 is 1.92 bits per heavy atom. The van der Waals surface area contributed by atoms with Crippen LogP contribution in [0.4, 0.5) is 5.69 Å². The van der Waals surface area contributed by atoms with Gasteiger partial charge in [0, 0.05) is 18.2 Å². The number of carbonyl (C=O) groups is 2. The topological polar surface area (TPSA) is 84.8 Å². The number of Topliss-reactive ketones (excluding diaryl/α,β-unsaturated/α-hetero) is 1. The van der Waals surface area contributed by atoms with Crippen LogP contribution in [-0.4, -0.2) is 32.6 Å². The molecule has 1 heterocycles. The molecule has 0 atom stereocenters. The maximum Gasteiger partial charge on any atom is 0.221 e. The molecule has 130 valence electrons. The van der Waals surface area contributed by atoms with Crippen molar-refractivity contribution in [3.63, 3.8) is 0 Å². The minimum absolute atomic E-state index is 0.00351. The third kappa shape index (κ3) is 4.42. The van der Waals surface area contributed by atoms with Crippen molar-refractivity contribution in [2.24, 2.45) is 0 Å². The highest BCUT2D eigenvalue weighted by atomic mass is 32.2. The van der Waals surface area contributed by atoms with Gasteiger partial charge in [-0.2, -0.15) is 5.10 Å². The number of rotatable bonds is 5. The Balaban J connectivity index is 1.64. The van der Waals surface area contributed by atoms with Gasteiger partial charge in [-0.1, -0.05) is 11.8 Å². The summed E-state index contributed by atoms with van der Waals surface area (Å²) in [4.78, 5) is 28.1. The fourth-order valence-corrected chi connectivity index (χ4v) is 3.48. The maximum absolute atomic E-state index is 12.4. The lowest BCUT2D eigenvalue weighted by Gasteiger charge is -2.12. The summed E-state index contributed by atoms with van der Waals surface area (Å²) < 4.78 is 0. The monoisotopic (exact) mass is 356 g/mol. The van der Waals surface area contributed by atoms with E-state index in [1.807, 2.05) is 6.92 Å². The van der Waals surface area contributed by atoms with Gasteiger partial charge in [0.05, 0.1) is 17.1 Å². The number of aryl methyl sites for hydroxylation is 3. The molecule has 1 aliphatic carbocycles. The summed E-state index contributed by atoms with van der Waals surface area (Å²) in [7, 11) is 0. The van der Waals surface area contributed by atoms with E-state index in [4.69, 9.17) is 0 Å². The zero-order chi connectivity index (χ0) is 17.8. The quantitative estimate of drug-likeness (QED) is 0.655. The number of fused-ring (bicyclic) bond motifs is 1. The van der Waals surface area contributed by atoms with Crippen molar-refractivity contribution in [3.05, 3.63) is 40.7 Å². The molecule has 0 fully saturated rings. The van der Waals surface area contributed by atoms with E-state index in [0.29, 0.717) is 10.7 Å². The van der Waals surface area contributed by atoms with Gasteiger partial charge in [0.2, 0.25) is 11.1 Å². The highest BCUT2D eigenvalue weighted by molar-refractivity contribution is 7.99. The number of amides is 1. The summed E-state index contributed by atoms with van der Waals surface area (Å²) in [5.74, 6) is 0.137. The number of benzene rings is 1. The summed E-state index contributed by atoms with van der Waals surface area (Å²) in [5, 5.41) is 11.7. The van der Waals surface area contributed by atoms with E-state index >= 15 is 0 Å². The summed E-state index contributed by atoms with van der Waals surface area (Å²) in [6, 6.07) is 5.28. The van der Waals surface area contributed by atoms with Crippen molar-refractivity contribution in [2.45, 2.75) is 44.7 Å². The van der Waals surface area contributed by atoms with E-state index in [9.17, 15) is 9.59 Å². The first-order valence-electron chi connectivity index (χ1n) is 8.29. The second-order valence-electron chi connectivity index (χ2n) is 6.12. The second-order valence-corrected chi connectivity index (χ2v) is 7.06. The van der Waals surface area contributed by atoms with Gasteiger partial charge in [0.1, 0.15) is 0 Å². The largest absolute Gasteiger partial charge is 0.326 e. The Labute approximate surface area is 150 Å². The van der Waals surface area contributed by atoms with Crippen LogP contribution in [0.3, 0.4) is 0 Å². The minimum Gasteiger partial charge on any atom is -0.326 e. The molecule has 0 saturated heterocycles. The van der Waals surface area contributed by atoms with Crippen LogP contribution in [0.25, 0.3) is 0 Å². The Hall–Kier alpha value is -2.28. The van der Waals surface area contributed by atoms with Gasteiger partial charge in [-0.3, -0.25) is 9.59 Å². The smallest absolute Gasteiger partial charge is 0.221 e. The number of ketones is 1. The van der Waals surface area contributed by atoms with Crippen molar-refractivity contribution in [3.8, 4) is 0 Å². The van der Waals surface area contributed by atoms with E-state index < -0.39 is 0 Å². The second kappa shape index (κ2) is 7.74. The lowest BCUT2D eigenvalue weighted by Crippen LogP contribution is -2.11. The number of hydrogen-bond donors (Lipinski definition) is 1. The summed E-state index contributed by atoms with van der Waals surface area (Å²) >= 11 is 1.31. The fraction of sp³-hybridized carbons (Fsp3) is 0.389. The third-order valence-electron chi connectivity index (χ3n) is 4.09. The Bertz CT molecular complexity index is 823. The molecule has 1 aromatic carbocycles. The molecule has 1 aliphatic rings. The molecule has 1 aromatic heterocycles. The number of thioether (sulfide) groups is 1. The van der Waals surface area contributed by atoms with Crippen molar-refractivity contribution in [1.29, 1.82) is 0 Å². The normalized spacial score (nSPS) is 13.2. The van der Waals surface area contributed by atoms with Crippen molar-refractivity contribution >= 4 is 29.1 Å². The van der Waals surface area contributed by atoms with E-state index in [1.165, 1.54) is 18.7 Å². The first-order chi connectivity index (χ1) is 12.0. The Morgan fingerprint density at radius 1 is 1.16 bits per heavy atom. The predicted molar refractivity (Wildman–Crippen MR) is 97.0 cm³/mol. The van der Waals surface area contributed by atoms with Crippen LogP contribution >= 0.6 is 11.8 Å². The molecular weight excluding hydrogens is 336 g/mol. The van der Waals surface area contributed by atoms with E-state index in [2.05, 4.69) is 20.5 Å². The molecule has 25 heavy (non-hydrogen) atoms. The SMILES string of the molecule is CC(=O)Nc1ccc(C(=O)CSc2nnc3c(n2)CCCC3)cc1C. The molecule has 0 spiro atoms. The number of nitrogens with zero attached hydrogens (tertiary/aromatic N) is 3. The molecule has 0 saturated carbocycles. The van der Waals surface area contributed by atoms with Crippen LogP contribution in [0, 0.1) is 6.92 Å². The van der Waals surface area contributed by atoms with Crippen LogP contribution in [0.1, 0.15) is 47.1 Å². The maximum atomic E-state index is 12.4. The van der Waals surface area contributed by atoms with Crippen molar-refractivity contribution in [1.82, 2.24) is 15.2 Å². The standard InChI is InChI=1S/C18H20N4O2S/c1-11-9-13(7-8-14(11)19-12(2)23)17(24)10-25-18-20-15-5-3-4-6-16(15)21-22-18/h7-9H,3-6,10H2,1-2H3,(H,19,23). The van der Waals surface area contributed by atoms with Gasteiger partial charge < -0.3 is 5.32 Å². The average molecular weight is 356 g/mol. The molecule has 0 unspecified atom stereocenters. The Kier molecular flexibility index (Phi) is 5.43. The van der Waals surface area contributed by atoms with Crippen LogP contribution in [-0.2, 0) is 17.6 Å². The molecule has 0 bridgehead atoms. The van der Waals surface area contributed by atoms with Gasteiger partial charge in [-0.15, -0.1) is 5.10 Å². The summed E-state index contributed by atoms with van der Waals surface area (Å²) in [5.41, 5.74) is 4.21. The molecule has 2 aromatic rings. The molecule has 6 nitrogen and oxygen atoms in total. The predicted octanol–water partition coefficient (Wildman–Crippen LogP) is 2.99. The molecule has 3 rings (SSSR count). The molecule has 0 radical (unpaired) electrons. The van der Waals surface area contributed by atoms with Crippen LogP contribution in [0.2, 0.25) is 0 Å². The number of nitrogens with one attached hydrogen (secondary N) is 1. The molecule has 1 N–H and O–H groups in total. The fourth-order valence-electron chi connectivity index (χ4n) is 2.78. The third-order valence-corrected chi connectivity index (χ3v) is 4.93. The molecule has 0 aliphatic heterocycles. The van der Waals surface area contributed by atoms with Gasteiger partial charge in [0.25, 0.3) is 0 Å². The molecule has 1 amide bonds. The molecular formula is C18H20N4O2S. The first-order valence-corrected chi connectivity index (χ1v) is 9.28. The van der Waals surface area contributed by atoms with Gasteiger partial charge in [-0.05, 0) is 56.4 Å². The first kappa shape index (κ1) is 17.5. The van der Waals surface area contributed by atoms with Crippen molar-refractivity contribution < 1.29 is 9.59 Å². The number of carbonyl (C=O) groups excluding carboxylic acids is 2. The number of anilines is 1. The van der Waals surface area contributed by atoms with E-state index in [-0.39, 0.29) is 17.4 Å². The number of aromatic nitrogens is 3. The van der Waals surface area contributed by atoms with E-state index in [0.717, 1.165) is 48.3 Å². The lowest BCUT2D eigenvalue weighted by atomic mass is 10.0. The summed E-state index contributed by atoms with van der Waals surface area (Å²) in [6.07, 6.45) is 4.16. The van der Waals surface area contributed by atoms with Crippen LogP contribution in [0.15, 0.2) is 23.4 Å². The molecule has 7 heteroatoms. The average Bonchev–Trinajstić information content (AvgIpc) is 2.61. The minimum atomic E-state index is -0.130. The van der Waals surface area contributed by atoms with Gasteiger partial charge >= 0.3 is 0 Å². The van der Waals surface area contributed by atoms with Crippen LogP contribution < -0.4 is 5.32 Å². The highest BCUT2D eigenvalue weighted by Crippen LogP contribution is 2.22. The van der Waals surface area contributed by atoms with Crippen molar-refractivity contribution in [2.75, 3.05) is 11.1 Å². The van der Waals surface area contributed by atoms with Crippen LogP contribution in [0.5, 0.6) is 0 Å². The highest BCUT2D eigenvalue weighted by Gasteiger charge is 2.15. The zero-order valence-electron chi connectivity index (χ0n) is 14.3. The number of hydrogen-bond acceptors (Lipinski definition) is 6. The lowest BCUT2D eigenvalue weighted by molar-refractivity contribution is -0.114. The van der Waals surface area contributed by atoms with Gasteiger partial charge in [0.15, 0.2) is 5.78 Å². The Morgan fingerprint density at radius 3 is 2.64 bits per heavy atom. The zero-order valence-corrected chi connectivity index (χ0v) is 15.2.